The maximum atomic E-state index is 13.2. The van der Waals surface area contributed by atoms with Crippen molar-refractivity contribution in [2.45, 2.75) is 44.7 Å². The topological polar surface area (TPSA) is 62.9 Å². The van der Waals surface area contributed by atoms with Gasteiger partial charge in [0.2, 0.25) is 10.0 Å². The molecule has 0 radical (unpaired) electrons. The fourth-order valence-electron chi connectivity index (χ4n) is 4.53. The number of piperidine rings is 1. The zero-order valence-corrected chi connectivity index (χ0v) is 18.3. The summed E-state index contributed by atoms with van der Waals surface area (Å²) in [5, 5.41) is 4.62. The highest BCUT2D eigenvalue weighted by molar-refractivity contribution is 7.89. The number of nitrogens with one attached hydrogen (secondary N) is 1. The molecule has 4 rings (SSSR count). The van der Waals surface area contributed by atoms with E-state index in [0.717, 1.165) is 51.1 Å². The van der Waals surface area contributed by atoms with E-state index in [2.05, 4.69) is 34.3 Å². The van der Waals surface area contributed by atoms with Crippen molar-refractivity contribution in [1.82, 2.24) is 14.1 Å². The molecule has 2 fully saturated rings. The Morgan fingerprint density at radius 3 is 2.28 bits per heavy atom. The summed E-state index contributed by atoms with van der Waals surface area (Å²) in [4.78, 5) is 4.27. The van der Waals surface area contributed by atoms with E-state index < -0.39 is 10.0 Å². The van der Waals surface area contributed by atoms with Crippen molar-refractivity contribution in [2.24, 2.45) is 0 Å². The van der Waals surface area contributed by atoms with Crippen LogP contribution in [0.4, 0.5) is 5.69 Å². The van der Waals surface area contributed by atoms with Crippen molar-refractivity contribution in [1.29, 1.82) is 0 Å². The van der Waals surface area contributed by atoms with Gasteiger partial charge < -0.3 is 9.80 Å². The van der Waals surface area contributed by atoms with Crippen LogP contribution in [0.5, 0.6) is 0 Å². The van der Waals surface area contributed by atoms with Crippen LogP contribution >= 0.6 is 0 Å². The second kappa shape index (κ2) is 8.45. The zero-order valence-electron chi connectivity index (χ0n) is 17.5. The van der Waals surface area contributed by atoms with Gasteiger partial charge in [0.05, 0.1) is 37.6 Å². The highest BCUT2D eigenvalue weighted by Gasteiger charge is 2.32. The maximum Gasteiger partial charge on any atom is 0.246 e. The molecule has 0 atom stereocenters. The molecule has 1 aromatic carbocycles. The summed E-state index contributed by atoms with van der Waals surface area (Å²) in [5.41, 5.74) is 2.66. The summed E-state index contributed by atoms with van der Waals surface area (Å²) in [7, 11) is -3.46. The molecule has 2 saturated heterocycles. The van der Waals surface area contributed by atoms with E-state index in [-0.39, 0.29) is 0 Å². The lowest BCUT2D eigenvalue weighted by atomic mass is 10.2. The monoisotopic (exact) mass is 418 g/mol. The molecular formula is C21H32N5O2S+. The number of benzene rings is 1. The van der Waals surface area contributed by atoms with Gasteiger partial charge in [0, 0.05) is 18.8 Å². The lowest BCUT2D eigenvalue weighted by molar-refractivity contribution is -0.924. The van der Waals surface area contributed by atoms with Gasteiger partial charge in [0.15, 0.2) is 6.67 Å². The van der Waals surface area contributed by atoms with Crippen LogP contribution in [0, 0.1) is 13.8 Å². The van der Waals surface area contributed by atoms with Gasteiger partial charge in [-0.1, -0.05) is 24.6 Å². The van der Waals surface area contributed by atoms with Crippen molar-refractivity contribution in [3.8, 4) is 0 Å². The Hall–Kier alpha value is -1.90. The number of piperazine rings is 1. The summed E-state index contributed by atoms with van der Waals surface area (Å²) >= 11 is 0. The highest BCUT2D eigenvalue weighted by atomic mass is 32.2. The number of anilines is 1. The Balaban J connectivity index is 1.45. The smallest absolute Gasteiger partial charge is 0.246 e. The van der Waals surface area contributed by atoms with Gasteiger partial charge in [-0.2, -0.15) is 9.40 Å². The number of aryl methyl sites for hydroxylation is 1. The zero-order chi connectivity index (χ0) is 20.4. The quantitative estimate of drug-likeness (QED) is 0.788. The Kier molecular flexibility index (Phi) is 5.94. The number of rotatable bonds is 5. The van der Waals surface area contributed by atoms with E-state index in [4.69, 9.17) is 0 Å². The minimum Gasteiger partial charge on any atom is -0.360 e. The summed E-state index contributed by atoms with van der Waals surface area (Å²) in [5.74, 6) is 0. The fourth-order valence-corrected chi connectivity index (χ4v) is 6.42. The molecule has 158 valence electrons. The largest absolute Gasteiger partial charge is 0.360 e. The van der Waals surface area contributed by atoms with Crippen molar-refractivity contribution in [2.75, 3.05) is 44.2 Å². The molecular weight excluding hydrogens is 386 g/mol. The van der Waals surface area contributed by atoms with Crippen LogP contribution in [-0.4, -0.2) is 61.8 Å². The summed E-state index contributed by atoms with van der Waals surface area (Å²) < 4.78 is 29.9. The number of hydrogen-bond acceptors (Lipinski definition) is 4. The minimum atomic E-state index is -3.46. The summed E-state index contributed by atoms with van der Waals surface area (Å²) in [6.45, 7) is 9.71. The second-order valence-corrected chi connectivity index (χ2v) is 10.1. The molecule has 0 unspecified atom stereocenters. The molecule has 0 aliphatic carbocycles. The third kappa shape index (κ3) is 4.20. The van der Waals surface area contributed by atoms with Crippen molar-refractivity contribution in [3.05, 3.63) is 41.7 Å². The first kappa shape index (κ1) is 20.4. The lowest BCUT2D eigenvalue weighted by Gasteiger charge is -2.33. The summed E-state index contributed by atoms with van der Waals surface area (Å²) in [6, 6.07) is 10.5. The van der Waals surface area contributed by atoms with Gasteiger partial charge in [-0.25, -0.2) is 13.1 Å². The van der Waals surface area contributed by atoms with E-state index in [1.54, 1.807) is 4.31 Å². The van der Waals surface area contributed by atoms with Gasteiger partial charge in [-0.3, -0.25) is 0 Å². The van der Waals surface area contributed by atoms with Crippen molar-refractivity contribution < 1.29 is 13.3 Å². The average molecular weight is 419 g/mol. The van der Waals surface area contributed by atoms with Crippen molar-refractivity contribution in [3.63, 3.8) is 0 Å². The van der Waals surface area contributed by atoms with Crippen molar-refractivity contribution >= 4 is 15.7 Å². The molecule has 0 spiro atoms. The molecule has 0 saturated carbocycles. The number of quaternary nitrogens is 1. The van der Waals surface area contributed by atoms with Crippen LogP contribution in [0.3, 0.4) is 0 Å². The molecule has 1 aromatic heterocycles. The minimum absolute atomic E-state index is 0.418. The molecule has 2 aliphatic heterocycles. The van der Waals surface area contributed by atoms with E-state index in [1.165, 1.54) is 10.6 Å². The molecule has 0 amide bonds. The van der Waals surface area contributed by atoms with Gasteiger partial charge in [0.25, 0.3) is 0 Å². The maximum absolute atomic E-state index is 13.2. The fraction of sp³-hybridized carbons (Fsp3) is 0.571. The normalized spacial score (nSPS) is 19.6. The van der Waals surface area contributed by atoms with Crippen LogP contribution < -0.4 is 9.80 Å². The number of para-hydroxylation sites is 1. The van der Waals surface area contributed by atoms with Crippen LogP contribution in [-0.2, 0) is 16.7 Å². The first-order chi connectivity index (χ1) is 14.0. The van der Waals surface area contributed by atoms with Crippen LogP contribution in [0.1, 0.15) is 30.7 Å². The first-order valence-corrected chi connectivity index (χ1v) is 12.1. The molecule has 3 heterocycles. The van der Waals surface area contributed by atoms with E-state index in [9.17, 15) is 8.42 Å². The molecule has 8 heteroatoms. The SMILES string of the molecule is Cc1nn(C[NH+]2CCN(c3ccccc3)CC2)c(C)c1S(=O)(=O)N1CCCCC1. The van der Waals surface area contributed by atoms with Crippen LogP contribution in [0.2, 0.25) is 0 Å². The highest BCUT2D eigenvalue weighted by Crippen LogP contribution is 2.25. The lowest BCUT2D eigenvalue weighted by Crippen LogP contribution is -3.14. The molecule has 2 aromatic rings. The molecule has 2 aliphatic rings. The number of hydrogen-bond donors (Lipinski definition) is 1. The standard InChI is InChI=1S/C21H31N5O2S/c1-18-21(29(27,28)25-11-7-4-8-12-25)19(2)26(22-18)17-23-13-15-24(16-14-23)20-9-5-3-6-10-20/h3,5-6,9-10H,4,7-8,11-17H2,1-2H3/p+1. The Morgan fingerprint density at radius 1 is 0.966 bits per heavy atom. The Labute approximate surface area is 174 Å². The van der Waals surface area contributed by atoms with Crippen LogP contribution in [0.25, 0.3) is 0 Å². The summed E-state index contributed by atoms with van der Waals surface area (Å²) in [6.07, 6.45) is 3.00. The Bertz CT molecular complexity index is 927. The van der Waals surface area contributed by atoms with E-state index in [1.807, 2.05) is 24.6 Å². The predicted molar refractivity (Wildman–Crippen MR) is 114 cm³/mol. The molecule has 0 bridgehead atoms. The molecule has 7 nitrogen and oxygen atoms in total. The first-order valence-electron chi connectivity index (χ1n) is 10.6. The molecule has 29 heavy (non-hydrogen) atoms. The predicted octanol–water partition coefficient (Wildman–Crippen LogP) is 1.04. The third-order valence-electron chi connectivity index (χ3n) is 6.19. The van der Waals surface area contributed by atoms with E-state index >= 15 is 0 Å². The van der Waals surface area contributed by atoms with Gasteiger partial charge in [0.1, 0.15) is 4.90 Å². The van der Waals surface area contributed by atoms with Gasteiger partial charge in [-0.15, -0.1) is 0 Å². The van der Waals surface area contributed by atoms with Crippen LogP contribution in [0.15, 0.2) is 35.2 Å². The molecule has 1 N–H and O–H groups in total. The Morgan fingerprint density at radius 2 is 1.62 bits per heavy atom. The average Bonchev–Trinajstić information content (AvgIpc) is 3.03. The number of sulfonamides is 1. The van der Waals surface area contributed by atoms with E-state index in [0.29, 0.717) is 30.3 Å². The second-order valence-electron chi connectivity index (χ2n) is 8.19. The number of nitrogens with zero attached hydrogens (tertiary/aromatic N) is 4. The van der Waals surface area contributed by atoms with Gasteiger partial charge in [-0.05, 0) is 38.8 Å². The number of aromatic nitrogens is 2. The third-order valence-corrected chi connectivity index (χ3v) is 8.34. The van der Waals surface area contributed by atoms with Gasteiger partial charge >= 0.3 is 0 Å².